The standard InChI is InChI=1S/C71H138O17P2/c1-6-10-13-16-19-22-24-25-26-27-28-29-30-31-32-34-37-40-46-51-56-70(75)87-66(60-82-69(74)55-50-45-39-36-33-23-20-17-14-11-7-2)62-85-89(77,78)83-58-65(72)59-84-90(79,80)86-63-67(61-81-68(73)54-49-44-38-35-21-18-15-12-8-3)88-71(76)57-52-47-42-41-43-48-53-64(5)9-4/h64-67,72H,6-63H2,1-5H3,(H,77,78)(H,79,80)/t64?,65-,66-,67-/m1/s1. The van der Waals surface area contributed by atoms with Crippen molar-refractivity contribution in [1.82, 2.24) is 0 Å². The van der Waals surface area contributed by atoms with Crippen LogP contribution in [0.1, 0.15) is 369 Å². The number of carbonyl (C=O) groups excluding carboxylic acids is 4. The molecule has 3 unspecified atom stereocenters. The molecule has 0 aliphatic rings. The first-order chi connectivity index (χ1) is 43.6. The van der Waals surface area contributed by atoms with E-state index in [1.165, 1.54) is 193 Å². The Balaban J connectivity index is 5.17. The van der Waals surface area contributed by atoms with Crippen LogP contribution in [-0.2, 0) is 65.4 Å². The fourth-order valence-electron chi connectivity index (χ4n) is 10.8. The van der Waals surface area contributed by atoms with Gasteiger partial charge in [0.05, 0.1) is 26.4 Å². The molecule has 0 rings (SSSR count). The van der Waals surface area contributed by atoms with Gasteiger partial charge in [-0.25, -0.2) is 9.13 Å². The van der Waals surface area contributed by atoms with Crippen LogP contribution in [0.4, 0.5) is 0 Å². The maximum absolute atomic E-state index is 13.0. The van der Waals surface area contributed by atoms with Gasteiger partial charge in [-0.3, -0.25) is 37.3 Å². The number of unbranched alkanes of at least 4 members (excludes halogenated alkanes) is 42. The van der Waals surface area contributed by atoms with Gasteiger partial charge in [-0.15, -0.1) is 0 Å². The van der Waals surface area contributed by atoms with Crippen molar-refractivity contribution in [3.8, 4) is 0 Å². The van der Waals surface area contributed by atoms with Gasteiger partial charge in [0.25, 0.3) is 0 Å². The minimum Gasteiger partial charge on any atom is -0.462 e. The zero-order chi connectivity index (χ0) is 66.3. The summed E-state index contributed by atoms with van der Waals surface area (Å²) in [5.74, 6) is -1.41. The van der Waals surface area contributed by atoms with Gasteiger partial charge in [-0.2, -0.15) is 0 Å². The van der Waals surface area contributed by atoms with Crippen molar-refractivity contribution in [3.63, 3.8) is 0 Å². The van der Waals surface area contributed by atoms with Crippen LogP contribution in [0, 0.1) is 5.92 Å². The molecule has 3 N–H and O–H groups in total. The van der Waals surface area contributed by atoms with Crippen LogP contribution in [0.15, 0.2) is 0 Å². The average molecular weight is 1330 g/mol. The Morgan fingerprint density at radius 3 is 0.789 bits per heavy atom. The molecule has 0 bridgehead atoms. The van der Waals surface area contributed by atoms with Crippen molar-refractivity contribution in [3.05, 3.63) is 0 Å². The van der Waals surface area contributed by atoms with Crippen molar-refractivity contribution < 1.29 is 80.2 Å². The molecule has 0 saturated carbocycles. The van der Waals surface area contributed by atoms with Crippen LogP contribution in [0.2, 0.25) is 0 Å². The Morgan fingerprint density at radius 2 is 0.533 bits per heavy atom. The SMILES string of the molecule is CCCCCCCCCCCCCCCCCCCCCCC(=O)O[C@H](COC(=O)CCCCCCCCCCCCC)COP(=O)(O)OC[C@@H](O)COP(=O)(O)OC[C@@H](COC(=O)CCCCCCCCCCC)OC(=O)CCCCCCCCC(C)CC. The largest absolute Gasteiger partial charge is 0.472 e. The fraction of sp³-hybridized carbons (Fsp3) is 0.944. The molecule has 0 heterocycles. The van der Waals surface area contributed by atoms with Crippen molar-refractivity contribution in [1.29, 1.82) is 0 Å². The van der Waals surface area contributed by atoms with Crippen LogP contribution in [0.5, 0.6) is 0 Å². The molecule has 0 aromatic carbocycles. The average Bonchev–Trinajstić information content (AvgIpc) is 3.21. The van der Waals surface area contributed by atoms with Gasteiger partial charge in [-0.05, 0) is 31.6 Å². The Labute approximate surface area is 549 Å². The van der Waals surface area contributed by atoms with E-state index in [0.717, 1.165) is 95.8 Å². The monoisotopic (exact) mass is 1320 g/mol. The second-order valence-electron chi connectivity index (χ2n) is 25.9. The number of ether oxygens (including phenoxy) is 4. The topological polar surface area (TPSA) is 237 Å². The van der Waals surface area contributed by atoms with Crippen molar-refractivity contribution >= 4 is 39.5 Å². The van der Waals surface area contributed by atoms with Gasteiger partial charge >= 0.3 is 39.5 Å². The predicted octanol–water partition coefficient (Wildman–Crippen LogP) is 20.5. The highest BCUT2D eigenvalue weighted by atomic mass is 31.2. The minimum atomic E-state index is -4.95. The number of hydrogen-bond donors (Lipinski definition) is 3. The summed E-state index contributed by atoms with van der Waals surface area (Å²) in [6.45, 7) is 7.18. The molecule has 0 fully saturated rings. The molecule has 0 aromatic heterocycles. The second-order valence-corrected chi connectivity index (χ2v) is 28.8. The fourth-order valence-corrected chi connectivity index (χ4v) is 12.4. The third kappa shape index (κ3) is 63.5. The van der Waals surface area contributed by atoms with Crippen molar-refractivity contribution in [2.24, 2.45) is 5.92 Å². The molecule has 0 saturated heterocycles. The molecule has 6 atom stereocenters. The highest BCUT2D eigenvalue weighted by Gasteiger charge is 2.30. The van der Waals surface area contributed by atoms with Crippen LogP contribution in [-0.4, -0.2) is 96.7 Å². The summed E-state index contributed by atoms with van der Waals surface area (Å²) in [5.41, 5.74) is 0. The Kier molecular flexibility index (Phi) is 63.0. The van der Waals surface area contributed by atoms with Gasteiger partial charge < -0.3 is 33.8 Å². The van der Waals surface area contributed by atoms with E-state index in [1.54, 1.807) is 0 Å². The highest BCUT2D eigenvalue weighted by Crippen LogP contribution is 2.45. The van der Waals surface area contributed by atoms with E-state index in [4.69, 9.17) is 37.0 Å². The Bertz CT molecular complexity index is 1740. The summed E-state index contributed by atoms with van der Waals surface area (Å²) < 4.78 is 68.2. The first kappa shape index (κ1) is 88.1. The number of phosphoric ester groups is 2. The third-order valence-corrected chi connectivity index (χ3v) is 18.8. The first-order valence-corrected chi connectivity index (χ1v) is 40.2. The van der Waals surface area contributed by atoms with E-state index in [1.807, 2.05) is 0 Å². The molecule has 534 valence electrons. The molecule has 0 aromatic rings. The number of aliphatic hydroxyl groups excluding tert-OH is 1. The van der Waals surface area contributed by atoms with E-state index < -0.39 is 97.5 Å². The summed E-state index contributed by atoms with van der Waals surface area (Å²) in [7, 11) is -9.90. The maximum Gasteiger partial charge on any atom is 0.472 e. The Hall–Kier alpha value is -1.94. The summed E-state index contributed by atoms with van der Waals surface area (Å²) in [5, 5.41) is 10.6. The number of phosphoric acid groups is 2. The van der Waals surface area contributed by atoms with E-state index in [9.17, 15) is 43.2 Å². The lowest BCUT2D eigenvalue weighted by Gasteiger charge is -2.21. The number of carbonyl (C=O) groups is 4. The van der Waals surface area contributed by atoms with Crippen molar-refractivity contribution in [2.75, 3.05) is 39.6 Å². The summed E-state index contributed by atoms with van der Waals surface area (Å²) >= 11 is 0. The smallest absolute Gasteiger partial charge is 0.462 e. The van der Waals surface area contributed by atoms with Gasteiger partial charge in [0.15, 0.2) is 12.2 Å². The molecule has 19 heteroatoms. The number of esters is 4. The normalized spacial score (nSPS) is 14.4. The maximum atomic E-state index is 13.0. The van der Waals surface area contributed by atoms with Gasteiger partial charge in [0.2, 0.25) is 0 Å². The molecule has 0 aliphatic carbocycles. The van der Waals surface area contributed by atoms with E-state index in [-0.39, 0.29) is 25.7 Å². The van der Waals surface area contributed by atoms with Crippen LogP contribution >= 0.6 is 15.6 Å². The third-order valence-electron chi connectivity index (χ3n) is 16.9. The van der Waals surface area contributed by atoms with Crippen molar-refractivity contribution in [2.45, 2.75) is 387 Å². The molecule has 0 aliphatic heterocycles. The molecular formula is C71H138O17P2. The lowest BCUT2D eigenvalue weighted by atomic mass is 10.00. The van der Waals surface area contributed by atoms with E-state index in [0.29, 0.717) is 25.7 Å². The molecule has 0 radical (unpaired) electrons. The molecule has 0 amide bonds. The summed E-state index contributed by atoms with van der Waals surface area (Å²) in [6, 6.07) is 0. The number of hydrogen-bond acceptors (Lipinski definition) is 15. The predicted molar refractivity (Wildman–Crippen MR) is 363 cm³/mol. The van der Waals surface area contributed by atoms with Crippen LogP contribution in [0.25, 0.3) is 0 Å². The van der Waals surface area contributed by atoms with Gasteiger partial charge in [0, 0.05) is 25.7 Å². The van der Waals surface area contributed by atoms with Gasteiger partial charge in [0.1, 0.15) is 19.3 Å². The Morgan fingerprint density at radius 1 is 0.311 bits per heavy atom. The highest BCUT2D eigenvalue weighted by molar-refractivity contribution is 7.47. The molecule has 0 spiro atoms. The number of aliphatic hydroxyl groups is 1. The lowest BCUT2D eigenvalue weighted by molar-refractivity contribution is -0.161. The zero-order valence-corrected chi connectivity index (χ0v) is 60.1. The first-order valence-electron chi connectivity index (χ1n) is 37.2. The van der Waals surface area contributed by atoms with E-state index >= 15 is 0 Å². The van der Waals surface area contributed by atoms with E-state index in [2.05, 4.69) is 34.6 Å². The number of rotatable bonds is 71. The second kappa shape index (κ2) is 64.4. The lowest BCUT2D eigenvalue weighted by Crippen LogP contribution is -2.30. The van der Waals surface area contributed by atoms with Gasteiger partial charge in [-0.1, -0.05) is 317 Å². The van der Waals surface area contributed by atoms with Crippen LogP contribution < -0.4 is 0 Å². The molecule has 90 heavy (non-hydrogen) atoms. The summed E-state index contributed by atoms with van der Waals surface area (Å²) in [4.78, 5) is 72.5. The summed E-state index contributed by atoms with van der Waals surface area (Å²) in [6.07, 6.45) is 51.5. The zero-order valence-electron chi connectivity index (χ0n) is 58.3. The molecule has 17 nitrogen and oxygen atoms in total. The van der Waals surface area contributed by atoms with Crippen LogP contribution in [0.3, 0.4) is 0 Å². The molecular weight excluding hydrogens is 1190 g/mol. The minimum absolute atomic E-state index is 0.103. The quantitative estimate of drug-likeness (QED) is 0.0222.